The number of rotatable bonds is 7. The molecule has 2 aromatic carbocycles. The van der Waals surface area contributed by atoms with Crippen LogP contribution in [-0.2, 0) is 17.8 Å². The summed E-state index contributed by atoms with van der Waals surface area (Å²) < 4.78 is 25.4. The summed E-state index contributed by atoms with van der Waals surface area (Å²) in [4.78, 5) is 13.6. The van der Waals surface area contributed by atoms with Crippen LogP contribution in [0.15, 0.2) is 40.9 Å². The first-order valence-corrected chi connectivity index (χ1v) is 8.65. The van der Waals surface area contributed by atoms with Crippen molar-refractivity contribution in [1.29, 1.82) is 0 Å². The van der Waals surface area contributed by atoms with Crippen LogP contribution in [-0.4, -0.2) is 31.6 Å². The lowest BCUT2D eigenvalue weighted by Crippen LogP contribution is -2.30. The maximum absolute atomic E-state index is 13.9. The maximum Gasteiger partial charge on any atom is 0.219 e. The molecule has 0 spiro atoms. The molecule has 25 heavy (non-hydrogen) atoms. The Labute approximate surface area is 155 Å². The van der Waals surface area contributed by atoms with Crippen molar-refractivity contribution in [3.05, 3.63) is 57.8 Å². The highest BCUT2D eigenvalue weighted by atomic mass is 79.9. The van der Waals surface area contributed by atoms with Crippen LogP contribution in [0.3, 0.4) is 0 Å². The lowest BCUT2D eigenvalue weighted by Gasteiger charge is -2.22. The van der Waals surface area contributed by atoms with Crippen LogP contribution in [0.4, 0.5) is 4.39 Å². The maximum atomic E-state index is 13.9. The second-order valence-corrected chi connectivity index (χ2v) is 6.43. The van der Waals surface area contributed by atoms with Gasteiger partial charge in [-0.05, 0) is 46.1 Å². The van der Waals surface area contributed by atoms with Gasteiger partial charge in [0.05, 0.1) is 18.7 Å². The van der Waals surface area contributed by atoms with E-state index in [0.717, 1.165) is 10.0 Å². The molecular formula is C19H21BrFNO3. The largest absolute Gasteiger partial charge is 0.496 e. The molecule has 0 heterocycles. The Kier molecular flexibility index (Phi) is 6.82. The van der Waals surface area contributed by atoms with Gasteiger partial charge in [0, 0.05) is 25.6 Å². The quantitative estimate of drug-likeness (QED) is 0.687. The molecule has 0 saturated heterocycles. The van der Waals surface area contributed by atoms with Gasteiger partial charge >= 0.3 is 0 Å². The van der Waals surface area contributed by atoms with E-state index < -0.39 is 0 Å². The fourth-order valence-electron chi connectivity index (χ4n) is 2.55. The van der Waals surface area contributed by atoms with E-state index in [1.807, 2.05) is 12.1 Å². The Hall–Kier alpha value is -2.08. The van der Waals surface area contributed by atoms with Crippen molar-refractivity contribution >= 4 is 21.8 Å². The van der Waals surface area contributed by atoms with Crippen LogP contribution < -0.4 is 9.47 Å². The van der Waals surface area contributed by atoms with Crippen LogP contribution >= 0.6 is 15.9 Å². The SMILES string of the molecule is COc1cc(CCN(Cc2ccccc2F)C(C)=O)c(OC)cc1Br. The Bertz CT molecular complexity index is 751. The van der Waals surface area contributed by atoms with Crippen LogP contribution in [0, 0.1) is 5.82 Å². The average molecular weight is 410 g/mol. The number of amides is 1. The summed E-state index contributed by atoms with van der Waals surface area (Å²) in [5.41, 5.74) is 1.42. The number of carbonyl (C=O) groups is 1. The molecular weight excluding hydrogens is 389 g/mol. The predicted molar refractivity (Wildman–Crippen MR) is 98.4 cm³/mol. The fraction of sp³-hybridized carbons (Fsp3) is 0.316. The molecule has 0 bridgehead atoms. The van der Waals surface area contributed by atoms with E-state index in [1.165, 1.54) is 13.0 Å². The molecule has 0 radical (unpaired) electrons. The smallest absolute Gasteiger partial charge is 0.219 e. The molecule has 4 nitrogen and oxygen atoms in total. The first-order valence-electron chi connectivity index (χ1n) is 7.85. The zero-order valence-corrected chi connectivity index (χ0v) is 16.1. The number of nitrogens with zero attached hydrogens (tertiary/aromatic N) is 1. The summed E-state index contributed by atoms with van der Waals surface area (Å²) in [6.07, 6.45) is 0.570. The van der Waals surface area contributed by atoms with Crippen molar-refractivity contribution in [2.75, 3.05) is 20.8 Å². The lowest BCUT2D eigenvalue weighted by atomic mass is 10.1. The topological polar surface area (TPSA) is 38.8 Å². The monoisotopic (exact) mass is 409 g/mol. The summed E-state index contributed by atoms with van der Waals surface area (Å²) >= 11 is 3.43. The third-order valence-electron chi connectivity index (χ3n) is 3.97. The van der Waals surface area contributed by atoms with E-state index in [1.54, 1.807) is 37.3 Å². The summed E-state index contributed by atoms with van der Waals surface area (Å²) in [6, 6.07) is 10.2. The zero-order chi connectivity index (χ0) is 18.4. The van der Waals surface area contributed by atoms with Crippen molar-refractivity contribution in [2.24, 2.45) is 0 Å². The highest BCUT2D eigenvalue weighted by Crippen LogP contribution is 2.33. The van der Waals surface area contributed by atoms with Crippen LogP contribution in [0.2, 0.25) is 0 Å². The summed E-state index contributed by atoms with van der Waals surface area (Å²) in [5.74, 6) is 0.990. The number of methoxy groups -OCH3 is 2. The first-order chi connectivity index (χ1) is 12.0. The van der Waals surface area contributed by atoms with Gasteiger partial charge in [-0.25, -0.2) is 4.39 Å². The molecule has 0 N–H and O–H groups in total. The first kappa shape index (κ1) is 19.2. The summed E-state index contributed by atoms with van der Waals surface area (Å²) in [5, 5.41) is 0. The number of carbonyl (C=O) groups excluding carboxylic acids is 1. The van der Waals surface area contributed by atoms with Gasteiger partial charge in [-0.2, -0.15) is 0 Å². The number of ether oxygens (including phenoxy) is 2. The molecule has 6 heteroatoms. The van der Waals surface area contributed by atoms with Crippen molar-refractivity contribution < 1.29 is 18.7 Å². The van der Waals surface area contributed by atoms with E-state index in [4.69, 9.17) is 9.47 Å². The second-order valence-electron chi connectivity index (χ2n) is 5.58. The van der Waals surface area contributed by atoms with E-state index >= 15 is 0 Å². The number of benzene rings is 2. The van der Waals surface area contributed by atoms with E-state index in [2.05, 4.69) is 15.9 Å². The van der Waals surface area contributed by atoms with Gasteiger partial charge in [-0.1, -0.05) is 18.2 Å². The van der Waals surface area contributed by atoms with Gasteiger partial charge in [0.15, 0.2) is 0 Å². The molecule has 0 atom stereocenters. The van der Waals surface area contributed by atoms with Gasteiger partial charge < -0.3 is 14.4 Å². The molecule has 0 saturated carbocycles. The minimum absolute atomic E-state index is 0.105. The van der Waals surface area contributed by atoms with Crippen molar-refractivity contribution in [1.82, 2.24) is 4.90 Å². The van der Waals surface area contributed by atoms with Crippen molar-refractivity contribution in [2.45, 2.75) is 19.9 Å². The Morgan fingerprint density at radius 1 is 1.12 bits per heavy atom. The van der Waals surface area contributed by atoms with Gasteiger partial charge in [0.2, 0.25) is 5.91 Å². The van der Waals surface area contributed by atoms with E-state index in [0.29, 0.717) is 30.0 Å². The summed E-state index contributed by atoms with van der Waals surface area (Å²) in [6.45, 7) is 2.17. The number of halogens is 2. The predicted octanol–water partition coefficient (Wildman–Crippen LogP) is 4.20. The normalized spacial score (nSPS) is 10.4. The fourth-order valence-corrected chi connectivity index (χ4v) is 3.04. The Morgan fingerprint density at radius 2 is 1.80 bits per heavy atom. The average Bonchev–Trinajstić information content (AvgIpc) is 2.60. The lowest BCUT2D eigenvalue weighted by molar-refractivity contribution is -0.129. The van der Waals surface area contributed by atoms with Crippen LogP contribution in [0.25, 0.3) is 0 Å². The van der Waals surface area contributed by atoms with Crippen molar-refractivity contribution in [3.63, 3.8) is 0 Å². The van der Waals surface area contributed by atoms with E-state index in [9.17, 15) is 9.18 Å². The molecule has 0 aliphatic rings. The van der Waals surface area contributed by atoms with Gasteiger partial charge in [0.1, 0.15) is 17.3 Å². The number of hydrogen-bond acceptors (Lipinski definition) is 3. The highest BCUT2D eigenvalue weighted by molar-refractivity contribution is 9.10. The van der Waals surface area contributed by atoms with Gasteiger partial charge in [0.25, 0.3) is 0 Å². The number of hydrogen-bond donors (Lipinski definition) is 0. The molecule has 0 unspecified atom stereocenters. The molecule has 2 rings (SSSR count). The second kappa shape index (κ2) is 8.85. The zero-order valence-electron chi connectivity index (χ0n) is 14.5. The molecule has 134 valence electrons. The molecule has 0 aliphatic heterocycles. The Morgan fingerprint density at radius 3 is 2.40 bits per heavy atom. The molecule has 1 amide bonds. The van der Waals surface area contributed by atoms with E-state index in [-0.39, 0.29) is 18.3 Å². The summed E-state index contributed by atoms with van der Waals surface area (Å²) in [7, 11) is 3.19. The van der Waals surface area contributed by atoms with Gasteiger partial charge in [-0.3, -0.25) is 4.79 Å². The molecule has 2 aromatic rings. The third-order valence-corrected chi connectivity index (χ3v) is 4.59. The minimum Gasteiger partial charge on any atom is -0.496 e. The van der Waals surface area contributed by atoms with Gasteiger partial charge in [-0.15, -0.1) is 0 Å². The third kappa shape index (κ3) is 4.95. The van der Waals surface area contributed by atoms with Crippen molar-refractivity contribution in [3.8, 4) is 11.5 Å². The molecule has 0 aromatic heterocycles. The molecule has 0 aliphatic carbocycles. The highest BCUT2D eigenvalue weighted by Gasteiger charge is 2.15. The van der Waals surface area contributed by atoms with Crippen LogP contribution in [0.1, 0.15) is 18.1 Å². The van der Waals surface area contributed by atoms with Crippen LogP contribution in [0.5, 0.6) is 11.5 Å². The molecule has 0 fully saturated rings. The standard InChI is InChI=1S/C19H21BrFNO3/c1-13(23)22(12-15-6-4-5-7-17(15)21)9-8-14-10-19(25-3)16(20)11-18(14)24-2/h4-7,10-11H,8-9,12H2,1-3H3. The minimum atomic E-state index is -0.309. The Balaban J connectivity index is 2.16.